The van der Waals surface area contributed by atoms with E-state index in [1.165, 1.54) is 0 Å². The molecule has 0 N–H and O–H groups in total. The highest BCUT2D eigenvalue weighted by molar-refractivity contribution is 9.10. The number of hydrogen-bond donors (Lipinski definition) is 0. The van der Waals surface area contributed by atoms with E-state index < -0.39 is 0 Å². The molecule has 0 aliphatic rings. The first kappa shape index (κ1) is 8.22. The Labute approximate surface area is 74.0 Å². The lowest BCUT2D eigenvalue weighted by atomic mass is 10.1. The molecule has 3 heteroatoms. The second-order valence-corrected chi connectivity index (χ2v) is 3.08. The molecule has 0 unspecified atom stereocenters. The van der Waals surface area contributed by atoms with Gasteiger partial charge in [-0.15, -0.1) is 0 Å². The predicted molar refractivity (Wildman–Crippen MR) is 46.0 cm³/mol. The Morgan fingerprint density at radius 1 is 1.73 bits per heavy atom. The van der Waals surface area contributed by atoms with Crippen molar-refractivity contribution in [1.29, 1.82) is 5.26 Å². The lowest BCUT2D eigenvalue weighted by molar-refractivity contribution is 1.13. The molecule has 1 heterocycles. The van der Waals surface area contributed by atoms with Gasteiger partial charge in [-0.25, -0.2) is 4.98 Å². The van der Waals surface area contributed by atoms with Crippen molar-refractivity contribution in [3.63, 3.8) is 0 Å². The van der Waals surface area contributed by atoms with Crippen LogP contribution in [0.5, 0.6) is 0 Å². The third-order valence-corrected chi connectivity index (χ3v) is 1.89. The van der Waals surface area contributed by atoms with E-state index in [1.807, 2.05) is 13.0 Å². The van der Waals surface area contributed by atoms with Gasteiger partial charge in [-0.05, 0) is 40.0 Å². The van der Waals surface area contributed by atoms with Gasteiger partial charge in [-0.1, -0.05) is 0 Å². The number of nitrogens with zero attached hydrogens (tertiary/aromatic N) is 2. The third-order valence-electron chi connectivity index (χ3n) is 1.46. The summed E-state index contributed by atoms with van der Waals surface area (Å²) < 4.78 is 0.816. The molecule has 0 saturated carbocycles. The second-order valence-electron chi connectivity index (χ2n) is 2.27. The Morgan fingerprint density at radius 3 is 3.00 bits per heavy atom. The van der Waals surface area contributed by atoms with Crippen molar-refractivity contribution in [1.82, 2.24) is 4.98 Å². The minimum absolute atomic E-state index is 0.437. The van der Waals surface area contributed by atoms with Crippen LogP contribution in [0.2, 0.25) is 0 Å². The topological polar surface area (TPSA) is 36.7 Å². The van der Waals surface area contributed by atoms with Gasteiger partial charge < -0.3 is 0 Å². The average Bonchev–Trinajstić information content (AvgIpc) is 1.95. The van der Waals surface area contributed by atoms with E-state index in [2.05, 4.69) is 27.0 Å². The van der Waals surface area contributed by atoms with Gasteiger partial charge >= 0.3 is 0 Å². The molecule has 0 spiro atoms. The fourth-order valence-corrected chi connectivity index (χ4v) is 1.27. The number of rotatable bonds is 1. The minimum Gasteiger partial charge on any atom is -0.249 e. The molecule has 1 rings (SSSR count). The molecule has 0 aliphatic carbocycles. The molecule has 1 aromatic rings. The Morgan fingerprint density at radius 2 is 2.45 bits per heavy atom. The molecule has 1 aromatic heterocycles. The molecule has 0 aliphatic heterocycles. The van der Waals surface area contributed by atoms with Crippen LogP contribution in [0, 0.1) is 18.3 Å². The first-order valence-electron chi connectivity index (χ1n) is 3.22. The normalized spacial score (nSPS) is 9.18. The fourth-order valence-electron chi connectivity index (χ4n) is 0.820. The van der Waals surface area contributed by atoms with Crippen LogP contribution in [0.4, 0.5) is 0 Å². The van der Waals surface area contributed by atoms with Gasteiger partial charge in [0.05, 0.1) is 12.5 Å². The van der Waals surface area contributed by atoms with Crippen LogP contribution in [-0.4, -0.2) is 4.98 Å². The fraction of sp³-hybridized carbons (Fsp3) is 0.250. The van der Waals surface area contributed by atoms with Crippen LogP contribution in [0.15, 0.2) is 16.9 Å². The number of hydrogen-bond acceptors (Lipinski definition) is 2. The molecule has 0 aromatic carbocycles. The lowest BCUT2D eigenvalue weighted by Gasteiger charge is -1.99. The zero-order chi connectivity index (χ0) is 8.27. The zero-order valence-electron chi connectivity index (χ0n) is 6.13. The number of halogens is 1. The summed E-state index contributed by atoms with van der Waals surface area (Å²) in [5.41, 5.74) is 2.10. The molecular weight excluding hydrogens is 204 g/mol. The van der Waals surface area contributed by atoms with E-state index in [0.717, 1.165) is 15.7 Å². The van der Waals surface area contributed by atoms with Gasteiger partial charge in [0, 0.05) is 6.20 Å². The minimum atomic E-state index is 0.437. The summed E-state index contributed by atoms with van der Waals surface area (Å²) in [6, 6.07) is 4.00. The Bertz CT molecular complexity index is 301. The SMILES string of the molecule is Cc1cc(Br)ncc1CC#N. The molecule has 0 radical (unpaired) electrons. The molecule has 0 atom stereocenters. The smallest absolute Gasteiger partial charge is 0.106 e. The highest BCUT2D eigenvalue weighted by Gasteiger charge is 1.97. The van der Waals surface area contributed by atoms with Crippen LogP contribution < -0.4 is 0 Å². The standard InChI is InChI=1S/C8H7BrN2/c1-6-4-8(9)11-5-7(6)2-3-10/h4-5H,2H2,1H3. The van der Waals surface area contributed by atoms with Gasteiger partial charge in [-0.2, -0.15) is 5.26 Å². The molecule has 0 saturated heterocycles. The predicted octanol–water partition coefficient (Wildman–Crippen LogP) is 2.22. The lowest BCUT2D eigenvalue weighted by Crippen LogP contribution is -1.89. The zero-order valence-corrected chi connectivity index (χ0v) is 7.72. The Balaban J connectivity index is 3.01. The molecule has 0 fully saturated rings. The maximum atomic E-state index is 8.42. The number of aromatic nitrogens is 1. The van der Waals surface area contributed by atoms with Gasteiger partial charge in [0.2, 0.25) is 0 Å². The van der Waals surface area contributed by atoms with Crippen molar-refractivity contribution >= 4 is 15.9 Å². The molecule has 56 valence electrons. The summed E-state index contributed by atoms with van der Waals surface area (Å²) in [7, 11) is 0. The summed E-state index contributed by atoms with van der Waals surface area (Å²) >= 11 is 3.25. The van der Waals surface area contributed by atoms with Gasteiger partial charge in [0.15, 0.2) is 0 Å². The Hall–Kier alpha value is -0.880. The van der Waals surface area contributed by atoms with E-state index in [4.69, 9.17) is 5.26 Å². The van der Waals surface area contributed by atoms with Crippen molar-refractivity contribution in [2.24, 2.45) is 0 Å². The maximum absolute atomic E-state index is 8.42. The molecule has 11 heavy (non-hydrogen) atoms. The van der Waals surface area contributed by atoms with Crippen molar-refractivity contribution in [2.45, 2.75) is 13.3 Å². The molecular formula is C8H7BrN2. The van der Waals surface area contributed by atoms with Gasteiger partial charge in [-0.3, -0.25) is 0 Å². The monoisotopic (exact) mass is 210 g/mol. The van der Waals surface area contributed by atoms with Crippen LogP contribution in [0.3, 0.4) is 0 Å². The van der Waals surface area contributed by atoms with Crippen molar-refractivity contribution < 1.29 is 0 Å². The van der Waals surface area contributed by atoms with Crippen LogP contribution in [0.1, 0.15) is 11.1 Å². The van der Waals surface area contributed by atoms with Gasteiger partial charge in [0.25, 0.3) is 0 Å². The van der Waals surface area contributed by atoms with Crippen molar-refractivity contribution in [3.05, 3.63) is 28.0 Å². The highest BCUT2D eigenvalue weighted by atomic mass is 79.9. The average molecular weight is 211 g/mol. The summed E-state index contributed by atoms with van der Waals surface area (Å²) in [6.07, 6.45) is 2.16. The highest BCUT2D eigenvalue weighted by Crippen LogP contribution is 2.12. The van der Waals surface area contributed by atoms with E-state index in [0.29, 0.717) is 6.42 Å². The number of nitriles is 1. The summed E-state index contributed by atoms with van der Waals surface area (Å²) in [5, 5.41) is 8.42. The molecule has 0 bridgehead atoms. The van der Waals surface area contributed by atoms with Gasteiger partial charge in [0.1, 0.15) is 4.60 Å². The van der Waals surface area contributed by atoms with Crippen molar-refractivity contribution in [3.8, 4) is 6.07 Å². The van der Waals surface area contributed by atoms with E-state index in [1.54, 1.807) is 6.20 Å². The molecule has 2 nitrogen and oxygen atoms in total. The first-order chi connectivity index (χ1) is 5.24. The maximum Gasteiger partial charge on any atom is 0.106 e. The summed E-state index contributed by atoms with van der Waals surface area (Å²) in [6.45, 7) is 1.97. The summed E-state index contributed by atoms with van der Waals surface area (Å²) in [5.74, 6) is 0. The molecule has 0 amide bonds. The largest absolute Gasteiger partial charge is 0.249 e. The van der Waals surface area contributed by atoms with E-state index >= 15 is 0 Å². The van der Waals surface area contributed by atoms with Crippen LogP contribution >= 0.6 is 15.9 Å². The van der Waals surface area contributed by atoms with E-state index in [-0.39, 0.29) is 0 Å². The van der Waals surface area contributed by atoms with Crippen LogP contribution in [-0.2, 0) is 6.42 Å². The van der Waals surface area contributed by atoms with E-state index in [9.17, 15) is 0 Å². The van der Waals surface area contributed by atoms with Crippen molar-refractivity contribution in [2.75, 3.05) is 0 Å². The third kappa shape index (κ3) is 2.02. The first-order valence-corrected chi connectivity index (χ1v) is 4.01. The van der Waals surface area contributed by atoms with Crippen LogP contribution in [0.25, 0.3) is 0 Å². The quantitative estimate of drug-likeness (QED) is 0.667. The second kappa shape index (κ2) is 3.49. The number of pyridine rings is 1. The summed E-state index contributed by atoms with van der Waals surface area (Å²) in [4.78, 5) is 4.02. The number of aryl methyl sites for hydroxylation is 1. The Kier molecular flexibility index (Phi) is 2.61.